The minimum Gasteiger partial charge on any atom is -0.330 e. The Kier molecular flexibility index (Phi) is 4.83. The molecule has 0 aliphatic heterocycles. The molecule has 0 heterocycles. The first-order chi connectivity index (χ1) is 14.2. The smallest absolute Gasteiger partial charge is 0.330 e. The standard InChI is InChI=1S/C21H21F3N4O2/c22-21(23,24)14-6-8-16(9-7-14)26-18(30)28-20(12-13-20)19(10-11-19)27-17(29)25-15-4-2-1-3-5-15/h1-9H,10-13H2,(H2,25,27,29)(H2,26,28,30). The average Bonchev–Trinajstić information content (AvgIpc) is 3.60. The molecule has 158 valence electrons. The third-order valence-electron chi connectivity index (χ3n) is 5.62. The summed E-state index contributed by atoms with van der Waals surface area (Å²) in [7, 11) is 0. The zero-order valence-electron chi connectivity index (χ0n) is 16.0. The highest BCUT2D eigenvalue weighted by molar-refractivity contribution is 5.92. The SMILES string of the molecule is O=C(Nc1ccccc1)NC1(C2(NC(=O)Nc3ccc(C(F)(F)F)cc3)CC2)CC1. The molecule has 0 radical (unpaired) electrons. The second kappa shape index (κ2) is 7.23. The van der Waals surface area contributed by atoms with Crippen LogP contribution in [0.15, 0.2) is 54.6 Å². The number of anilines is 2. The number of benzene rings is 2. The number of urea groups is 2. The van der Waals surface area contributed by atoms with E-state index in [1.807, 2.05) is 18.2 Å². The molecule has 6 nitrogen and oxygen atoms in total. The summed E-state index contributed by atoms with van der Waals surface area (Å²) in [6, 6.07) is 12.4. The molecule has 0 saturated heterocycles. The number of carbonyl (C=O) groups excluding carboxylic acids is 2. The van der Waals surface area contributed by atoms with Crippen molar-refractivity contribution in [2.75, 3.05) is 10.6 Å². The second-order valence-electron chi connectivity index (χ2n) is 7.76. The second-order valence-corrected chi connectivity index (χ2v) is 7.76. The summed E-state index contributed by atoms with van der Waals surface area (Å²) < 4.78 is 38.0. The molecule has 2 saturated carbocycles. The molecular formula is C21H21F3N4O2. The fraction of sp³-hybridized carbons (Fsp3) is 0.333. The molecule has 0 unspecified atom stereocenters. The van der Waals surface area contributed by atoms with Gasteiger partial charge in [-0.2, -0.15) is 13.2 Å². The van der Waals surface area contributed by atoms with Crippen LogP contribution in [0.3, 0.4) is 0 Å². The lowest BCUT2D eigenvalue weighted by Crippen LogP contribution is -2.57. The van der Waals surface area contributed by atoms with Gasteiger partial charge in [-0.1, -0.05) is 18.2 Å². The van der Waals surface area contributed by atoms with Crippen LogP contribution >= 0.6 is 0 Å². The molecule has 0 aromatic heterocycles. The maximum Gasteiger partial charge on any atom is 0.416 e. The lowest BCUT2D eigenvalue weighted by molar-refractivity contribution is -0.137. The van der Waals surface area contributed by atoms with Gasteiger partial charge in [-0.15, -0.1) is 0 Å². The number of amides is 4. The summed E-state index contributed by atoms with van der Waals surface area (Å²) in [4.78, 5) is 24.8. The Morgan fingerprint density at radius 2 is 1.13 bits per heavy atom. The summed E-state index contributed by atoms with van der Waals surface area (Å²) >= 11 is 0. The van der Waals surface area contributed by atoms with Crippen LogP contribution in [0, 0.1) is 0 Å². The number of hydrogen-bond acceptors (Lipinski definition) is 2. The van der Waals surface area contributed by atoms with Gasteiger partial charge in [-0.25, -0.2) is 9.59 Å². The van der Waals surface area contributed by atoms with Crippen molar-refractivity contribution in [2.24, 2.45) is 0 Å². The molecular weight excluding hydrogens is 397 g/mol. The average molecular weight is 418 g/mol. The molecule has 4 rings (SSSR count). The van der Waals surface area contributed by atoms with Crippen LogP contribution in [0.2, 0.25) is 0 Å². The van der Waals surface area contributed by atoms with Crippen molar-refractivity contribution < 1.29 is 22.8 Å². The summed E-state index contributed by atoms with van der Waals surface area (Å²) in [6.07, 6.45) is -1.49. The molecule has 2 aliphatic carbocycles. The molecule has 0 bridgehead atoms. The summed E-state index contributed by atoms with van der Waals surface area (Å²) in [5, 5.41) is 11.3. The van der Waals surface area contributed by atoms with Crippen LogP contribution in [0.1, 0.15) is 31.2 Å². The number of carbonyl (C=O) groups is 2. The predicted molar refractivity (Wildman–Crippen MR) is 106 cm³/mol. The largest absolute Gasteiger partial charge is 0.416 e. The molecule has 9 heteroatoms. The van der Waals surface area contributed by atoms with Gasteiger partial charge in [-0.05, 0) is 62.1 Å². The zero-order valence-corrected chi connectivity index (χ0v) is 16.0. The van der Waals surface area contributed by atoms with E-state index in [0.29, 0.717) is 5.69 Å². The highest BCUT2D eigenvalue weighted by Crippen LogP contribution is 2.57. The van der Waals surface area contributed by atoms with Crippen molar-refractivity contribution in [3.63, 3.8) is 0 Å². The highest BCUT2D eigenvalue weighted by Gasteiger charge is 2.67. The van der Waals surface area contributed by atoms with E-state index in [-0.39, 0.29) is 11.7 Å². The number of alkyl halides is 3. The Bertz CT molecular complexity index is 937. The van der Waals surface area contributed by atoms with Crippen LogP contribution in [0.5, 0.6) is 0 Å². The molecule has 2 aliphatic rings. The Hall–Kier alpha value is -3.23. The quantitative estimate of drug-likeness (QED) is 0.567. The molecule has 4 amide bonds. The topological polar surface area (TPSA) is 82.3 Å². The van der Waals surface area contributed by atoms with Crippen LogP contribution in [-0.2, 0) is 6.18 Å². The fourth-order valence-corrected chi connectivity index (χ4v) is 3.72. The minimum atomic E-state index is -4.43. The lowest BCUT2D eigenvalue weighted by atomic mass is 10.0. The van der Waals surface area contributed by atoms with Crippen molar-refractivity contribution >= 4 is 23.4 Å². The van der Waals surface area contributed by atoms with Crippen LogP contribution in [0.4, 0.5) is 34.1 Å². The van der Waals surface area contributed by atoms with Gasteiger partial charge >= 0.3 is 18.2 Å². The Balaban J connectivity index is 1.35. The highest BCUT2D eigenvalue weighted by atomic mass is 19.4. The van der Waals surface area contributed by atoms with E-state index in [1.54, 1.807) is 12.1 Å². The molecule has 30 heavy (non-hydrogen) atoms. The van der Waals surface area contributed by atoms with Gasteiger partial charge in [0, 0.05) is 11.4 Å². The Morgan fingerprint density at radius 1 is 0.700 bits per heavy atom. The van der Waals surface area contributed by atoms with Crippen LogP contribution in [0.25, 0.3) is 0 Å². The fourth-order valence-electron chi connectivity index (χ4n) is 3.72. The van der Waals surface area contributed by atoms with E-state index in [4.69, 9.17) is 0 Å². The normalized spacial score (nSPS) is 18.1. The number of nitrogens with one attached hydrogen (secondary N) is 4. The van der Waals surface area contributed by atoms with Crippen LogP contribution in [-0.4, -0.2) is 23.1 Å². The molecule has 2 aromatic rings. The molecule has 4 N–H and O–H groups in total. The number of para-hydroxylation sites is 1. The first-order valence-electron chi connectivity index (χ1n) is 9.62. The van der Waals surface area contributed by atoms with Crippen LogP contribution < -0.4 is 21.3 Å². The monoisotopic (exact) mass is 418 g/mol. The predicted octanol–water partition coefficient (Wildman–Crippen LogP) is 4.71. The molecule has 0 atom stereocenters. The van der Waals surface area contributed by atoms with Crippen molar-refractivity contribution in [3.8, 4) is 0 Å². The number of rotatable bonds is 5. The van der Waals surface area contributed by atoms with E-state index in [0.717, 1.165) is 37.8 Å². The molecule has 2 fully saturated rings. The van der Waals surface area contributed by atoms with E-state index in [1.165, 1.54) is 12.1 Å². The van der Waals surface area contributed by atoms with Gasteiger partial charge in [0.25, 0.3) is 0 Å². The maximum absolute atomic E-state index is 12.7. The van der Waals surface area contributed by atoms with Crippen molar-refractivity contribution in [1.82, 2.24) is 10.6 Å². The van der Waals surface area contributed by atoms with Crippen molar-refractivity contribution in [1.29, 1.82) is 0 Å². The van der Waals surface area contributed by atoms with Gasteiger partial charge < -0.3 is 21.3 Å². The number of hydrogen-bond donors (Lipinski definition) is 4. The van der Waals surface area contributed by atoms with Gasteiger partial charge in [0.1, 0.15) is 0 Å². The van der Waals surface area contributed by atoms with Gasteiger partial charge in [0.2, 0.25) is 0 Å². The van der Waals surface area contributed by atoms with Crippen molar-refractivity contribution in [2.45, 2.75) is 42.9 Å². The van der Waals surface area contributed by atoms with Gasteiger partial charge in [-0.3, -0.25) is 0 Å². The van der Waals surface area contributed by atoms with Gasteiger partial charge in [0.05, 0.1) is 16.6 Å². The van der Waals surface area contributed by atoms with E-state index in [2.05, 4.69) is 21.3 Å². The first-order valence-corrected chi connectivity index (χ1v) is 9.62. The Morgan fingerprint density at radius 3 is 1.53 bits per heavy atom. The Labute approximate surface area is 171 Å². The third-order valence-corrected chi connectivity index (χ3v) is 5.62. The number of halogens is 3. The maximum atomic E-state index is 12.7. The van der Waals surface area contributed by atoms with Gasteiger partial charge in [0.15, 0.2) is 0 Å². The third kappa shape index (κ3) is 4.19. The minimum absolute atomic E-state index is 0.260. The first kappa shape index (κ1) is 20.1. The van der Waals surface area contributed by atoms with E-state index >= 15 is 0 Å². The van der Waals surface area contributed by atoms with E-state index in [9.17, 15) is 22.8 Å². The van der Waals surface area contributed by atoms with Crippen molar-refractivity contribution in [3.05, 3.63) is 60.2 Å². The summed E-state index contributed by atoms with van der Waals surface area (Å²) in [5.74, 6) is 0. The molecule has 2 aromatic carbocycles. The summed E-state index contributed by atoms with van der Waals surface area (Å²) in [5.41, 5.74) is -0.905. The summed E-state index contributed by atoms with van der Waals surface area (Å²) in [6.45, 7) is 0. The lowest BCUT2D eigenvalue weighted by Gasteiger charge is -2.29. The zero-order chi connectivity index (χ0) is 21.4. The van der Waals surface area contributed by atoms with E-state index < -0.39 is 28.8 Å². The molecule has 0 spiro atoms.